The predicted molar refractivity (Wildman–Crippen MR) is 70.8 cm³/mol. The summed E-state index contributed by atoms with van der Waals surface area (Å²) in [5, 5.41) is 22.0. The summed E-state index contributed by atoms with van der Waals surface area (Å²) in [5.41, 5.74) is 0.775. The zero-order valence-corrected chi connectivity index (χ0v) is 10.3. The number of nitrogens with zero attached hydrogens (tertiary/aromatic N) is 5. The molecule has 8 heteroatoms. The molecular formula is C11H8ClN5O2. The number of allylic oxidation sites excluding steroid dienone is 1. The van der Waals surface area contributed by atoms with Gasteiger partial charge in [-0.3, -0.25) is 10.1 Å². The van der Waals surface area contributed by atoms with E-state index in [1.807, 2.05) is 0 Å². The van der Waals surface area contributed by atoms with Crippen LogP contribution in [0.1, 0.15) is 5.56 Å². The summed E-state index contributed by atoms with van der Waals surface area (Å²) in [6.07, 6.45) is 5.91. The fourth-order valence-corrected chi connectivity index (χ4v) is 1.44. The maximum absolute atomic E-state index is 10.5. The fourth-order valence-electron chi connectivity index (χ4n) is 1.27. The van der Waals surface area contributed by atoms with Crippen molar-refractivity contribution in [2.75, 3.05) is 0 Å². The van der Waals surface area contributed by atoms with Crippen LogP contribution in [-0.4, -0.2) is 26.0 Å². The Balaban J connectivity index is 2.10. The van der Waals surface area contributed by atoms with Gasteiger partial charge in [-0.15, -0.1) is 10.2 Å². The van der Waals surface area contributed by atoms with Crippen LogP contribution in [0.2, 0.25) is 0 Å². The molecule has 0 radical (unpaired) electrons. The summed E-state index contributed by atoms with van der Waals surface area (Å²) in [4.78, 5) is 10.0. The summed E-state index contributed by atoms with van der Waals surface area (Å²) in [6, 6.07) is 6.03. The van der Waals surface area contributed by atoms with Gasteiger partial charge in [0.1, 0.15) is 12.7 Å². The average molecular weight is 278 g/mol. The predicted octanol–water partition coefficient (Wildman–Crippen LogP) is 2.30. The van der Waals surface area contributed by atoms with Crippen molar-refractivity contribution in [2.24, 2.45) is 5.10 Å². The molecule has 7 nitrogen and oxygen atoms in total. The number of halogens is 1. The Labute approximate surface area is 113 Å². The lowest BCUT2D eigenvalue weighted by atomic mass is 10.2. The normalized spacial score (nSPS) is 11.9. The Bertz CT molecular complexity index is 619. The lowest BCUT2D eigenvalue weighted by molar-refractivity contribution is -0.384. The number of hydrogen-bond acceptors (Lipinski definition) is 5. The van der Waals surface area contributed by atoms with Crippen LogP contribution < -0.4 is 0 Å². The first-order valence-corrected chi connectivity index (χ1v) is 5.53. The molecule has 0 unspecified atom stereocenters. The number of nitro benzene ring substituents is 1. The second kappa shape index (κ2) is 5.87. The number of aromatic nitrogens is 3. The zero-order valence-electron chi connectivity index (χ0n) is 9.55. The lowest BCUT2D eigenvalue weighted by Crippen LogP contribution is -1.87. The first kappa shape index (κ1) is 12.9. The van der Waals surface area contributed by atoms with E-state index in [0.717, 1.165) is 5.56 Å². The molecule has 0 saturated carbocycles. The van der Waals surface area contributed by atoms with Gasteiger partial charge in [0.15, 0.2) is 0 Å². The van der Waals surface area contributed by atoms with E-state index < -0.39 is 4.92 Å². The molecule has 0 amide bonds. The Morgan fingerprint density at radius 1 is 1.32 bits per heavy atom. The zero-order chi connectivity index (χ0) is 13.7. The van der Waals surface area contributed by atoms with Crippen LogP contribution in [0.4, 0.5) is 5.69 Å². The molecule has 0 aliphatic heterocycles. The molecular weight excluding hydrogens is 270 g/mol. The van der Waals surface area contributed by atoms with Gasteiger partial charge in [-0.1, -0.05) is 11.6 Å². The number of hydrogen-bond donors (Lipinski definition) is 0. The van der Waals surface area contributed by atoms with E-state index in [9.17, 15) is 10.1 Å². The maximum atomic E-state index is 10.5. The molecule has 19 heavy (non-hydrogen) atoms. The summed E-state index contributed by atoms with van der Waals surface area (Å²) in [6.45, 7) is 0. The van der Waals surface area contributed by atoms with Gasteiger partial charge in [-0.05, 0) is 23.8 Å². The summed E-state index contributed by atoms with van der Waals surface area (Å²) in [7, 11) is 0. The molecule has 1 heterocycles. The van der Waals surface area contributed by atoms with E-state index >= 15 is 0 Å². The molecule has 0 aliphatic carbocycles. The highest BCUT2D eigenvalue weighted by atomic mass is 35.5. The molecule has 0 aliphatic rings. The van der Waals surface area contributed by atoms with Crippen LogP contribution in [0.25, 0.3) is 6.08 Å². The van der Waals surface area contributed by atoms with Gasteiger partial charge in [-0.2, -0.15) is 5.10 Å². The lowest BCUT2D eigenvalue weighted by Gasteiger charge is -1.94. The number of rotatable bonds is 4. The highest BCUT2D eigenvalue weighted by Crippen LogP contribution is 2.15. The van der Waals surface area contributed by atoms with Crippen LogP contribution >= 0.6 is 11.6 Å². The number of nitro groups is 1. The monoisotopic (exact) mass is 277 g/mol. The van der Waals surface area contributed by atoms with Crippen molar-refractivity contribution in [3.8, 4) is 0 Å². The minimum atomic E-state index is -0.456. The van der Waals surface area contributed by atoms with Gasteiger partial charge in [0.25, 0.3) is 5.69 Å². The Kier molecular flexibility index (Phi) is 3.99. The van der Waals surface area contributed by atoms with Crippen molar-refractivity contribution in [1.82, 2.24) is 14.9 Å². The molecule has 0 fully saturated rings. The Morgan fingerprint density at radius 2 is 1.95 bits per heavy atom. The van der Waals surface area contributed by atoms with Crippen LogP contribution in [0.5, 0.6) is 0 Å². The van der Waals surface area contributed by atoms with E-state index in [-0.39, 0.29) is 5.69 Å². The van der Waals surface area contributed by atoms with Crippen molar-refractivity contribution in [1.29, 1.82) is 0 Å². The molecule has 2 aromatic rings. The Hall–Kier alpha value is -2.54. The van der Waals surface area contributed by atoms with Crippen molar-refractivity contribution in [2.45, 2.75) is 0 Å². The van der Waals surface area contributed by atoms with E-state index in [4.69, 9.17) is 11.6 Å². The molecule has 0 saturated heterocycles. The van der Waals surface area contributed by atoms with Crippen molar-refractivity contribution in [3.63, 3.8) is 0 Å². The highest BCUT2D eigenvalue weighted by Gasteiger charge is 2.02. The van der Waals surface area contributed by atoms with Gasteiger partial charge in [0.2, 0.25) is 0 Å². The molecule has 0 bridgehead atoms. The topological polar surface area (TPSA) is 86.2 Å². The second-order valence-corrected chi connectivity index (χ2v) is 3.90. The summed E-state index contributed by atoms with van der Waals surface area (Å²) in [5.74, 6) is 0. The molecule has 2 rings (SSSR count). The smallest absolute Gasteiger partial charge is 0.258 e. The van der Waals surface area contributed by atoms with Crippen LogP contribution in [0.3, 0.4) is 0 Å². The molecule has 96 valence electrons. The van der Waals surface area contributed by atoms with Crippen molar-refractivity contribution in [3.05, 3.63) is 57.6 Å². The van der Waals surface area contributed by atoms with E-state index in [2.05, 4.69) is 15.3 Å². The molecule has 1 aromatic heterocycles. The highest BCUT2D eigenvalue weighted by molar-refractivity contribution is 6.41. The molecule has 0 spiro atoms. The van der Waals surface area contributed by atoms with Crippen LogP contribution in [0, 0.1) is 10.1 Å². The van der Waals surface area contributed by atoms with E-state index in [1.54, 1.807) is 18.2 Å². The first-order valence-electron chi connectivity index (χ1n) is 5.16. The molecule has 0 N–H and O–H groups in total. The molecule has 1 aromatic carbocycles. The summed E-state index contributed by atoms with van der Waals surface area (Å²) >= 11 is 5.96. The standard InChI is InChI=1S/C11H8ClN5O2/c12-10(6-15-16-7-13-14-8-16)5-9-1-3-11(4-2-9)17(18)19/h1-8H/b10-5-,15-6-. The largest absolute Gasteiger partial charge is 0.269 e. The molecule has 0 atom stereocenters. The minimum Gasteiger partial charge on any atom is -0.258 e. The van der Waals surface area contributed by atoms with Crippen molar-refractivity contribution >= 4 is 29.6 Å². The van der Waals surface area contributed by atoms with E-state index in [0.29, 0.717) is 5.03 Å². The van der Waals surface area contributed by atoms with Gasteiger partial charge in [-0.25, -0.2) is 4.68 Å². The SMILES string of the molecule is O=[N+]([O-])c1ccc(/C=C(Cl)/C=N\n2cnnc2)cc1. The fraction of sp³-hybridized carbons (Fsp3) is 0. The van der Waals surface area contributed by atoms with Gasteiger partial charge >= 0.3 is 0 Å². The van der Waals surface area contributed by atoms with Crippen LogP contribution in [0.15, 0.2) is 47.1 Å². The van der Waals surface area contributed by atoms with E-state index in [1.165, 1.54) is 35.7 Å². The summed E-state index contributed by atoms with van der Waals surface area (Å²) < 4.78 is 1.39. The third-order valence-corrected chi connectivity index (χ3v) is 2.34. The third kappa shape index (κ3) is 3.71. The number of non-ortho nitro benzene ring substituents is 1. The van der Waals surface area contributed by atoms with Crippen LogP contribution in [-0.2, 0) is 0 Å². The Morgan fingerprint density at radius 3 is 2.53 bits per heavy atom. The first-order chi connectivity index (χ1) is 9.15. The van der Waals surface area contributed by atoms with Gasteiger partial charge < -0.3 is 0 Å². The quantitative estimate of drug-likeness (QED) is 0.487. The minimum absolute atomic E-state index is 0.0337. The van der Waals surface area contributed by atoms with Crippen molar-refractivity contribution < 1.29 is 4.92 Å². The third-order valence-electron chi connectivity index (χ3n) is 2.13. The average Bonchev–Trinajstić information content (AvgIpc) is 2.90. The second-order valence-electron chi connectivity index (χ2n) is 3.46. The van der Waals surface area contributed by atoms with Gasteiger partial charge in [0, 0.05) is 12.1 Å². The number of benzene rings is 1. The maximum Gasteiger partial charge on any atom is 0.269 e. The van der Waals surface area contributed by atoms with Gasteiger partial charge in [0.05, 0.1) is 16.2 Å².